The van der Waals surface area contributed by atoms with Crippen LogP contribution in [0, 0.1) is 0 Å². The van der Waals surface area contributed by atoms with Crippen LogP contribution in [-0.2, 0) is 9.31 Å². The molecule has 1 heterocycles. The molecule has 0 unspecified atom stereocenters. The van der Waals surface area contributed by atoms with Crippen molar-refractivity contribution >= 4 is 18.2 Å². The molecule has 3 aliphatic carbocycles. The second-order valence-corrected chi connectivity index (χ2v) is 12.2. The van der Waals surface area contributed by atoms with Gasteiger partial charge in [-0.25, -0.2) is 0 Å². The lowest BCUT2D eigenvalue weighted by Gasteiger charge is -2.32. The van der Waals surface area contributed by atoms with Crippen molar-refractivity contribution in [3.8, 4) is 11.1 Å². The third-order valence-electron chi connectivity index (χ3n) is 9.39. The maximum absolute atomic E-state index is 6.31. The van der Waals surface area contributed by atoms with Gasteiger partial charge in [-0.05, 0) is 103 Å². The Labute approximate surface area is 232 Å². The van der Waals surface area contributed by atoms with Crippen LogP contribution in [0.15, 0.2) is 114 Å². The Bertz CT molecular complexity index is 1520. The lowest BCUT2D eigenvalue weighted by molar-refractivity contribution is 0.00578. The van der Waals surface area contributed by atoms with Crippen LogP contribution in [-0.4, -0.2) is 18.3 Å². The van der Waals surface area contributed by atoms with Gasteiger partial charge in [0.25, 0.3) is 0 Å². The number of fused-ring (bicyclic) bond motifs is 4. The van der Waals surface area contributed by atoms with Gasteiger partial charge in [0, 0.05) is 5.92 Å². The highest BCUT2D eigenvalue weighted by Crippen LogP contribution is 2.51. The zero-order valence-electron chi connectivity index (χ0n) is 23.3. The van der Waals surface area contributed by atoms with Crippen molar-refractivity contribution in [2.75, 3.05) is 0 Å². The first-order valence-corrected chi connectivity index (χ1v) is 14.3. The summed E-state index contributed by atoms with van der Waals surface area (Å²) in [5.74, 6) is 0.256. The van der Waals surface area contributed by atoms with E-state index in [0.29, 0.717) is 0 Å². The predicted octanol–water partition coefficient (Wildman–Crippen LogP) is 8.16. The molecule has 0 amide bonds. The van der Waals surface area contributed by atoms with Crippen LogP contribution >= 0.6 is 0 Å². The second kappa shape index (κ2) is 9.08. The minimum Gasteiger partial charge on any atom is -0.399 e. The molecule has 0 bridgehead atoms. The summed E-state index contributed by atoms with van der Waals surface area (Å²) < 4.78 is 12.6. The maximum atomic E-state index is 6.31. The Balaban J connectivity index is 1.30. The Morgan fingerprint density at radius 3 is 1.95 bits per heavy atom. The van der Waals surface area contributed by atoms with Gasteiger partial charge >= 0.3 is 7.12 Å². The standard InChI is InChI=1S/C36H35BO2/c1-35(2)36(3,4)39-37(38-35)25-22-20-24(21-23-25)26-18-11-19-33(28-13-6-5-12-27(26)28)34-31-16-9-7-14-29(31)30-15-8-10-17-32(30)34/h6-11,13-17,19-23,34H,5,12,18H2,1-4H3. The van der Waals surface area contributed by atoms with Crippen molar-refractivity contribution in [3.63, 3.8) is 0 Å². The number of benzene rings is 3. The van der Waals surface area contributed by atoms with Crippen molar-refractivity contribution in [1.29, 1.82) is 0 Å². The summed E-state index contributed by atoms with van der Waals surface area (Å²) in [5.41, 5.74) is 13.0. The monoisotopic (exact) mass is 510 g/mol. The molecule has 7 rings (SSSR count). The Morgan fingerprint density at radius 2 is 1.31 bits per heavy atom. The fraction of sp³-hybridized carbons (Fsp3) is 0.278. The Morgan fingerprint density at radius 1 is 0.692 bits per heavy atom. The van der Waals surface area contributed by atoms with Gasteiger partial charge in [0.15, 0.2) is 0 Å². The number of rotatable bonds is 3. The minimum absolute atomic E-state index is 0.256. The number of hydrogen-bond acceptors (Lipinski definition) is 2. The molecule has 0 saturated carbocycles. The summed E-state index contributed by atoms with van der Waals surface area (Å²) in [6, 6.07) is 26.8. The molecule has 39 heavy (non-hydrogen) atoms. The van der Waals surface area contributed by atoms with E-state index in [1.165, 1.54) is 50.1 Å². The maximum Gasteiger partial charge on any atom is 0.494 e. The molecule has 4 aliphatic rings. The molecule has 1 aliphatic heterocycles. The third kappa shape index (κ3) is 3.94. The van der Waals surface area contributed by atoms with Gasteiger partial charge in [-0.3, -0.25) is 0 Å². The summed E-state index contributed by atoms with van der Waals surface area (Å²) in [6.45, 7) is 8.42. The topological polar surface area (TPSA) is 18.5 Å². The van der Waals surface area contributed by atoms with E-state index in [4.69, 9.17) is 9.31 Å². The molecule has 0 aromatic heterocycles. The quantitative estimate of drug-likeness (QED) is 0.331. The molecular weight excluding hydrogens is 475 g/mol. The normalized spacial score (nSPS) is 21.2. The van der Waals surface area contributed by atoms with Crippen LogP contribution in [0.2, 0.25) is 0 Å². The van der Waals surface area contributed by atoms with E-state index in [2.05, 4.69) is 125 Å². The first-order valence-electron chi connectivity index (χ1n) is 14.3. The molecule has 3 aromatic carbocycles. The van der Waals surface area contributed by atoms with Crippen molar-refractivity contribution in [3.05, 3.63) is 131 Å². The van der Waals surface area contributed by atoms with E-state index >= 15 is 0 Å². The van der Waals surface area contributed by atoms with Crippen molar-refractivity contribution in [2.24, 2.45) is 0 Å². The zero-order valence-corrected chi connectivity index (χ0v) is 23.3. The molecule has 0 N–H and O–H groups in total. The van der Waals surface area contributed by atoms with E-state index in [-0.39, 0.29) is 24.2 Å². The van der Waals surface area contributed by atoms with Crippen LogP contribution < -0.4 is 5.46 Å². The van der Waals surface area contributed by atoms with Gasteiger partial charge in [-0.2, -0.15) is 0 Å². The highest BCUT2D eigenvalue weighted by atomic mass is 16.7. The zero-order chi connectivity index (χ0) is 26.8. The Hall–Kier alpha value is -3.40. The fourth-order valence-corrected chi connectivity index (χ4v) is 6.62. The molecule has 0 atom stereocenters. The van der Waals surface area contributed by atoms with E-state index in [0.717, 1.165) is 24.7 Å². The summed E-state index contributed by atoms with van der Waals surface area (Å²) in [6.07, 6.45) is 12.6. The third-order valence-corrected chi connectivity index (χ3v) is 9.39. The molecule has 0 radical (unpaired) electrons. The average molecular weight is 510 g/mol. The van der Waals surface area contributed by atoms with Gasteiger partial charge in [0.1, 0.15) is 0 Å². The van der Waals surface area contributed by atoms with E-state index in [1.807, 2.05) is 0 Å². The number of hydrogen-bond donors (Lipinski definition) is 0. The molecule has 3 heteroatoms. The highest BCUT2D eigenvalue weighted by Gasteiger charge is 2.51. The van der Waals surface area contributed by atoms with Crippen LogP contribution in [0.5, 0.6) is 0 Å². The lowest BCUT2D eigenvalue weighted by Crippen LogP contribution is -2.41. The van der Waals surface area contributed by atoms with Crippen LogP contribution in [0.1, 0.15) is 69.6 Å². The van der Waals surface area contributed by atoms with Gasteiger partial charge in [0.2, 0.25) is 0 Å². The smallest absolute Gasteiger partial charge is 0.399 e. The molecule has 2 nitrogen and oxygen atoms in total. The van der Waals surface area contributed by atoms with Gasteiger partial charge in [-0.15, -0.1) is 0 Å². The van der Waals surface area contributed by atoms with Crippen LogP contribution in [0.25, 0.3) is 16.7 Å². The second-order valence-electron chi connectivity index (χ2n) is 12.2. The first kappa shape index (κ1) is 24.6. The van der Waals surface area contributed by atoms with Crippen LogP contribution in [0.4, 0.5) is 0 Å². The summed E-state index contributed by atoms with van der Waals surface area (Å²) in [5, 5.41) is 0. The molecule has 194 valence electrons. The predicted molar refractivity (Wildman–Crippen MR) is 162 cm³/mol. The summed E-state index contributed by atoms with van der Waals surface area (Å²) >= 11 is 0. The summed E-state index contributed by atoms with van der Waals surface area (Å²) in [4.78, 5) is 0. The van der Waals surface area contributed by atoms with Crippen molar-refractivity contribution in [2.45, 2.75) is 64.1 Å². The molecule has 0 spiro atoms. The molecule has 1 fully saturated rings. The van der Waals surface area contributed by atoms with Gasteiger partial charge < -0.3 is 9.31 Å². The minimum atomic E-state index is -0.338. The largest absolute Gasteiger partial charge is 0.494 e. The lowest BCUT2D eigenvalue weighted by atomic mass is 9.77. The van der Waals surface area contributed by atoms with Crippen molar-refractivity contribution < 1.29 is 9.31 Å². The first-order chi connectivity index (χ1) is 18.8. The van der Waals surface area contributed by atoms with E-state index in [9.17, 15) is 0 Å². The average Bonchev–Trinajstić information content (AvgIpc) is 3.29. The molecular formula is C36H35BO2. The van der Waals surface area contributed by atoms with E-state index in [1.54, 1.807) is 0 Å². The van der Waals surface area contributed by atoms with Gasteiger partial charge in [0.05, 0.1) is 11.2 Å². The van der Waals surface area contributed by atoms with Crippen LogP contribution in [0.3, 0.4) is 0 Å². The van der Waals surface area contributed by atoms with Crippen molar-refractivity contribution in [1.82, 2.24) is 0 Å². The summed E-state index contributed by atoms with van der Waals surface area (Å²) in [7, 11) is -0.335. The number of allylic oxidation sites excluding steroid dienone is 8. The Kier molecular flexibility index (Phi) is 5.73. The molecule has 3 aromatic rings. The SMILES string of the molecule is CC1(C)OB(c2ccc(C3=C4CCC=CC4=C(C4c5ccccc5-c5ccccc54)C=CC3)cc2)OC1(C)C. The van der Waals surface area contributed by atoms with E-state index < -0.39 is 0 Å². The highest BCUT2D eigenvalue weighted by molar-refractivity contribution is 6.62. The molecule has 1 saturated heterocycles. The van der Waals surface area contributed by atoms with Gasteiger partial charge in [-0.1, -0.05) is 97.1 Å². The fourth-order valence-electron chi connectivity index (χ4n) is 6.62.